The van der Waals surface area contributed by atoms with Crippen molar-refractivity contribution in [2.75, 3.05) is 26.2 Å². The summed E-state index contributed by atoms with van der Waals surface area (Å²) in [5, 5.41) is 3.02. The van der Waals surface area contributed by atoms with Crippen molar-refractivity contribution in [1.82, 2.24) is 15.1 Å². The number of hydrogen-bond donors (Lipinski definition) is 1. The fourth-order valence-corrected chi connectivity index (χ4v) is 7.71. The molecule has 1 saturated heterocycles. The van der Waals surface area contributed by atoms with Gasteiger partial charge in [0.05, 0.1) is 6.54 Å². The maximum absolute atomic E-state index is 13.9. The van der Waals surface area contributed by atoms with E-state index >= 15 is 0 Å². The molecule has 186 valence electrons. The quantitative estimate of drug-likeness (QED) is 0.616. The largest absolute Gasteiger partial charge is 0.356 e. The van der Waals surface area contributed by atoms with Crippen LogP contribution in [0.15, 0.2) is 24.3 Å². The number of likely N-dealkylation sites (tertiary alicyclic amines) is 1. The zero-order chi connectivity index (χ0) is 23.7. The first-order valence-corrected chi connectivity index (χ1v) is 13.5. The van der Waals surface area contributed by atoms with Crippen LogP contribution in [0.3, 0.4) is 0 Å². The van der Waals surface area contributed by atoms with Crippen molar-refractivity contribution in [1.29, 1.82) is 0 Å². The molecule has 0 aromatic heterocycles. The third kappa shape index (κ3) is 5.02. The number of carbonyl (C=O) groups is 2. The monoisotopic (exact) mass is 469 g/mol. The molecular formula is C28H40FN3O2. The van der Waals surface area contributed by atoms with Crippen molar-refractivity contribution in [3.05, 3.63) is 35.6 Å². The first kappa shape index (κ1) is 23.8. The van der Waals surface area contributed by atoms with E-state index in [4.69, 9.17) is 0 Å². The molecule has 0 unspecified atom stereocenters. The second-order valence-electron chi connectivity index (χ2n) is 11.6. The summed E-state index contributed by atoms with van der Waals surface area (Å²) < 4.78 is 13.5. The molecule has 4 bridgehead atoms. The van der Waals surface area contributed by atoms with E-state index in [0.29, 0.717) is 13.1 Å². The summed E-state index contributed by atoms with van der Waals surface area (Å²) in [6, 6.07) is 6.67. The van der Waals surface area contributed by atoms with Gasteiger partial charge in [-0.15, -0.1) is 0 Å². The van der Waals surface area contributed by atoms with Gasteiger partial charge in [-0.2, -0.15) is 0 Å². The highest BCUT2D eigenvalue weighted by atomic mass is 19.1. The number of piperidine rings is 1. The number of benzene rings is 1. The van der Waals surface area contributed by atoms with E-state index in [1.54, 1.807) is 0 Å². The van der Waals surface area contributed by atoms with Crippen LogP contribution in [-0.4, -0.2) is 53.3 Å². The number of halogens is 1. The average Bonchev–Trinajstić information content (AvgIpc) is 2.81. The molecule has 0 radical (unpaired) electrons. The topological polar surface area (TPSA) is 52.7 Å². The molecule has 1 N–H and O–H groups in total. The van der Waals surface area contributed by atoms with Crippen LogP contribution in [0.1, 0.15) is 70.3 Å². The van der Waals surface area contributed by atoms with Crippen LogP contribution in [0.4, 0.5) is 4.39 Å². The summed E-state index contributed by atoms with van der Waals surface area (Å²) >= 11 is 0. The Balaban J connectivity index is 1.27. The average molecular weight is 470 g/mol. The molecule has 34 heavy (non-hydrogen) atoms. The first-order chi connectivity index (χ1) is 16.4. The van der Waals surface area contributed by atoms with Crippen molar-refractivity contribution in [3.8, 4) is 0 Å². The van der Waals surface area contributed by atoms with Gasteiger partial charge in [0, 0.05) is 24.5 Å². The van der Waals surface area contributed by atoms with E-state index in [2.05, 4.69) is 22.0 Å². The molecule has 5 aliphatic rings. The zero-order valence-corrected chi connectivity index (χ0v) is 20.6. The van der Waals surface area contributed by atoms with E-state index in [1.807, 2.05) is 12.1 Å². The van der Waals surface area contributed by atoms with E-state index in [-0.39, 0.29) is 29.1 Å². The predicted molar refractivity (Wildman–Crippen MR) is 130 cm³/mol. The molecule has 5 fully saturated rings. The van der Waals surface area contributed by atoms with E-state index in [1.165, 1.54) is 31.4 Å². The van der Waals surface area contributed by atoms with Crippen LogP contribution in [0.5, 0.6) is 0 Å². The van der Waals surface area contributed by atoms with Gasteiger partial charge < -0.3 is 10.2 Å². The number of carbonyl (C=O) groups excluding carboxylic acids is 2. The Labute approximate surface area is 203 Å². The summed E-state index contributed by atoms with van der Waals surface area (Å²) in [4.78, 5) is 30.7. The highest BCUT2D eigenvalue weighted by molar-refractivity contribution is 5.80. The molecule has 1 aliphatic heterocycles. The van der Waals surface area contributed by atoms with Gasteiger partial charge in [0.1, 0.15) is 5.82 Å². The lowest BCUT2D eigenvalue weighted by molar-refractivity contribution is -0.153. The van der Waals surface area contributed by atoms with Crippen LogP contribution < -0.4 is 5.32 Å². The summed E-state index contributed by atoms with van der Waals surface area (Å²) in [6.45, 7) is 5.38. The van der Waals surface area contributed by atoms with Crippen LogP contribution in [0.2, 0.25) is 0 Å². The molecule has 2 amide bonds. The molecule has 4 saturated carbocycles. The maximum Gasteiger partial charge on any atom is 0.237 e. The van der Waals surface area contributed by atoms with Crippen molar-refractivity contribution in [2.24, 2.45) is 23.7 Å². The standard InChI is InChI=1S/C28H40FN3O2/c1-2-9-30-27(34)24-7-10-31(11-8-24)19-26(33)32(18-20-3-5-25(29)6-4-20)28-15-21-12-22(16-28)14-23(13-21)17-28/h3-6,21-24H,2,7-19H2,1H3,(H,30,34). The summed E-state index contributed by atoms with van der Waals surface area (Å²) in [5.74, 6) is 2.48. The van der Waals surface area contributed by atoms with E-state index in [0.717, 1.165) is 81.5 Å². The SMILES string of the molecule is CCCNC(=O)C1CCN(CC(=O)N(Cc2ccc(F)cc2)C23CC4CC(CC(C4)C2)C3)CC1. The molecule has 6 rings (SSSR count). The lowest BCUT2D eigenvalue weighted by Gasteiger charge is -2.60. The van der Waals surface area contributed by atoms with Crippen LogP contribution in [0.25, 0.3) is 0 Å². The Kier molecular flexibility index (Phi) is 6.97. The highest BCUT2D eigenvalue weighted by Crippen LogP contribution is 2.58. The maximum atomic E-state index is 13.9. The number of nitrogens with one attached hydrogen (secondary N) is 1. The Morgan fingerprint density at radius 1 is 1.03 bits per heavy atom. The van der Waals surface area contributed by atoms with Gasteiger partial charge in [0.25, 0.3) is 0 Å². The van der Waals surface area contributed by atoms with Crippen LogP contribution >= 0.6 is 0 Å². The third-order valence-corrected chi connectivity index (χ3v) is 9.00. The second kappa shape index (κ2) is 9.96. The summed E-state index contributed by atoms with van der Waals surface area (Å²) in [6.07, 6.45) is 9.99. The molecule has 0 spiro atoms. The Morgan fingerprint density at radius 2 is 1.62 bits per heavy atom. The zero-order valence-electron chi connectivity index (χ0n) is 20.6. The summed E-state index contributed by atoms with van der Waals surface area (Å²) in [5.41, 5.74) is 0.982. The molecule has 4 aliphatic carbocycles. The van der Waals surface area contributed by atoms with Gasteiger partial charge in [-0.25, -0.2) is 4.39 Å². The smallest absolute Gasteiger partial charge is 0.237 e. The van der Waals surface area contributed by atoms with Gasteiger partial charge in [-0.05, 0) is 106 Å². The first-order valence-electron chi connectivity index (χ1n) is 13.5. The minimum absolute atomic E-state index is 0.0292. The summed E-state index contributed by atoms with van der Waals surface area (Å²) in [7, 11) is 0. The van der Waals surface area contributed by atoms with Gasteiger partial charge in [-0.1, -0.05) is 19.1 Å². The Morgan fingerprint density at radius 3 is 2.18 bits per heavy atom. The lowest BCUT2D eigenvalue weighted by atomic mass is 9.52. The fourth-order valence-electron chi connectivity index (χ4n) is 7.71. The highest BCUT2D eigenvalue weighted by Gasteiger charge is 2.54. The predicted octanol–water partition coefficient (Wildman–Crippen LogP) is 4.36. The Bertz CT molecular complexity index is 843. The number of nitrogens with zero attached hydrogens (tertiary/aromatic N) is 2. The molecule has 5 nitrogen and oxygen atoms in total. The molecule has 1 heterocycles. The van der Waals surface area contributed by atoms with Gasteiger partial charge in [0.2, 0.25) is 11.8 Å². The number of hydrogen-bond acceptors (Lipinski definition) is 3. The molecule has 6 heteroatoms. The van der Waals surface area contributed by atoms with Crippen molar-refractivity contribution in [2.45, 2.75) is 76.8 Å². The van der Waals surface area contributed by atoms with Gasteiger partial charge in [0.15, 0.2) is 0 Å². The lowest BCUT2D eigenvalue weighted by Crippen LogP contribution is -2.62. The Hall–Kier alpha value is -1.95. The minimum atomic E-state index is -0.234. The van der Waals surface area contributed by atoms with E-state index in [9.17, 15) is 14.0 Å². The van der Waals surface area contributed by atoms with Crippen molar-refractivity contribution >= 4 is 11.8 Å². The number of amides is 2. The van der Waals surface area contributed by atoms with Crippen molar-refractivity contribution in [3.63, 3.8) is 0 Å². The minimum Gasteiger partial charge on any atom is -0.356 e. The molecule has 1 aromatic rings. The van der Waals surface area contributed by atoms with Crippen LogP contribution in [0, 0.1) is 29.5 Å². The fraction of sp³-hybridized carbons (Fsp3) is 0.714. The normalized spacial score (nSPS) is 30.9. The molecule has 0 atom stereocenters. The molecule has 1 aromatic carbocycles. The second-order valence-corrected chi connectivity index (χ2v) is 11.6. The van der Waals surface area contributed by atoms with Crippen LogP contribution in [-0.2, 0) is 16.1 Å². The number of rotatable bonds is 8. The third-order valence-electron chi connectivity index (χ3n) is 9.00. The molecular weight excluding hydrogens is 429 g/mol. The van der Waals surface area contributed by atoms with Gasteiger partial charge in [-0.3, -0.25) is 14.5 Å². The van der Waals surface area contributed by atoms with E-state index < -0.39 is 0 Å². The van der Waals surface area contributed by atoms with Crippen molar-refractivity contribution < 1.29 is 14.0 Å². The van der Waals surface area contributed by atoms with Gasteiger partial charge >= 0.3 is 0 Å².